The second-order valence-corrected chi connectivity index (χ2v) is 4.13. The number of carboxylic acid groups (broad SMARTS) is 2. The summed E-state index contributed by atoms with van der Waals surface area (Å²) in [4.78, 5) is 22.5. The van der Waals surface area contributed by atoms with Gasteiger partial charge in [0.25, 0.3) is 0 Å². The van der Waals surface area contributed by atoms with Crippen molar-refractivity contribution >= 4 is 45.3 Å². The van der Waals surface area contributed by atoms with E-state index in [-0.39, 0.29) is 16.3 Å². The molecule has 1 rings (SSSR count). The molecule has 86 valence electrons. The monoisotopic (exact) mass is 307 g/mol. The Hall–Kier alpha value is -1.27. The summed E-state index contributed by atoms with van der Waals surface area (Å²) in [6.45, 7) is 0. The summed E-state index contributed by atoms with van der Waals surface area (Å²) in [6.07, 6.45) is -1.26. The molecule has 1 aromatic carbocycles. The van der Waals surface area contributed by atoms with Crippen molar-refractivity contribution in [2.24, 2.45) is 0 Å². The summed E-state index contributed by atoms with van der Waals surface area (Å²) in [5.74, 6) is -1.28. The first-order valence-electron chi connectivity index (χ1n) is 4.04. The molecule has 0 unspecified atom stereocenters. The zero-order valence-corrected chi connectivity index (χ0v) is 10.4. The van der Waals surface area contributed by atoms with Gasteiger partial charge in [-0.25, -0.2) is 9.59 Å². The summed E-state index contributed by atoms with van der Waals surface area (Å²) >= 11 is 8.87. The van der Waals surface area contributed by atoms with Crippen LogP contribution < -0.4 is 4.90 Å². The first-order chi connectivity index (χ1) is 7.36. The first-order valence-corrected chi connectivity index (χ1v) is 5.21. The van der Waals surface area contributed by atoms with Gasteiger partial charge in [0.05, 0.1) is 10.7 Å². The third-order valence-electron chi connectivity index (χ3n) is 1.93. The van der Waals surface area contributed by atoms with E-state index in [1.54, 1.807) is 0 Å². The lowest BCUT2D eigenvalue weighted by atomic mass is 10.1. The summed E-state index contributed by atoms with van der Waals surface area (Å²) in [6, 6.07) is 2.86. The molecule has 2 N–H and O–H groups in total. The molecule has 0 aromatic heterocycles. The van der Waals surface area contributed by atoms with Gasteiger partial charge in [-0.1, -0.05) is 11.6 Å². The molecule has 0 aliphatic rings. The van der Waals surface area contributed by atoms with Crippen molar-refractivity contribution < 1.29 is 19.8 Å². The van der Waals surface area contributed by atoms with E-state index in [4.69, 9.17) is 21.8 Å². The molecule has 0 saturated heterocycles. The predicted molar refractivity (Wildman–Crippen MR) is 62.5 cm³/mol. The van der Waals surface area contributed by atoms with Crippen LogP contribution in [0.1, 0.15) is 10.4 Å². The Balaban J connectivity index is 3.46. The van der Waals surface area contributed by atoms with Gasteiger partial charge in [0.1, 0.15) is 5.56 Å². The zero-order chi connectivity index (χ0) is 12.5. The minimum Gasteiger partial charge on any atom is -0.478 e. The van der Waals surface area contributed by atoms with Crippen LogP contribution in [-0.4, -0.2) is 29.3 Å². The maximum absolute atomic E-state index is 11.0. The average molecular weight is 309 g/mol. The second kappa shape index (κ2) is 4.71. The minimum absolute atomic E-state index is 0.0215. The number of hydrogen-bond acceptors (Lipinski definition) is 2. The standard InChI is InChI=1S/C9H7BrClNO4/c1-12(9(15)16)5-3-2-4(10)7(11)6(5)8(13)14/h2-3H,1H3,(H,13,14)(H,15,16). The Kier molecular flexibility index (Phi) is 3.77. The van der Waals surface area contributed by atoms with Crippen molar-refractivity contribution in [1.82, 2.24) is 0 Å². The van der Waals surface area contributed by atoms with Crippen LogP contribution in [0.2, 0.25) is 5.02 Å². The minimum atomic E-state index is -1.28. The summed E-state index contributed by atoms with van der Waals surface area (Å²) in [5.41, 5.74) is -0.228. The Morgan fingerprint density at radius 3 is 2.38 bits per heavy atom. The highest BCUT2D eigenvalue weighted by molar-refractivity contribution is 9.10. The second-order valence-electron chi connectivity index (χ2n) is 2.90. The SMILES string of the molecule is CN(C(=O)O)c1ccc(Br)c(Cl)c1C(=O)O. The molecule has 0 atom stereocenters. The molecule has 0 heterocycles. The molecule has 1 amide bonds. The smallest absolute Gasteiger partial charge is 0.411 e. The third kappa shape index (κ3) is 2.28. The van der Waals surface area contributed by atoms with Gasteiger partial charge in [-0.15, -0.1) is 0 Å². The molecular formula is C9H7BrClNO4. The van der Waals surface area contributed by atoms with Gasteiger partial charge in [-0.2, -0.15) is 0 Å². The van der Waals surface area contributed by atoms with Crippen LogP contribution in [-0.2, 0) is 0 Å². The van der Waals surface area contributed by atoms with Gasteiger partial charge in [0, 0.05) is 11.5 Å². The van der Waals surface area contributed by atoms with Gasteiger partial charge in [-0.05, 0) is 28.1 Å². The molecule has 0 spiro atoms. The molecule has 5 nitrogen and oxygen atoms in total. The number of hydrogen-bond donors (Lipinski definition) is 2. The number of nitrogens with zero attached hydrogens (tertiary/aromatic N) is 1. The maximum Gasteiger partial charge on any atom is 0.411 e. The molecule has 0 aliphatic carbocycles. The van der Waals surface area contributed by atoms with Crippen molar-refractivity contribution in [3.63, 3.8) is 0 Å². The van der Waals surface area contributed by atoms with Gasteiger partial charge >= 0.3 is 12.1 Å². The fraction of sp³-hybridized carbons (Fsp3) is 0.111. The number of carboxylic acids is 1. The Morgan fingerprint density at radius 1 is 1.38 bits per heavy atom. The van der Waals surface area contributed by atoms with Gasteiger partial charge < -0.3 is 10.2 Å². The number of carbonyl (C=O) groups is 2. The van der Waals surface area contributed by atoms with E-state index in [9.17, 15) is 9.59 Å². The van der Waals surface area contributed by atoms with Crippen LogP contribution in [0.4, 0.5) is 10.5 Å². The van der Waals surface area contributed by atoms with Crippen molar-refractivity contribution in [3.8, 4) is 0 Å². The lowest BCUT2D eigenvalue weighted by Crippen LogP contribution is -2.26. The third-order valence-corrected chi connectivity index (χ3v) is 3.22. The lowest BCUT2D eigenvalue weighted by molar-refractivity contribution is 0.0698. The number of aromatic carboxylic acids is 1. The number of benzene rings is 1. The Bertz CT molecular complexity index is 463. The van der Waals surface area contributed by atoms with Crippen LogP contribution in [0, 0.1) is 0 Å². The number of rotatable bonds is 2. The van der Waals surface area contributed by atoms with Crippen molar-refractivity contribution in [2.75, 3.05) is 11.9 Å². The highest BCUT2D eigenvalue weighted by atomic mass is 79.9. The lowest BCUT2D eigenvalue weighted by Gasteiger charge is -2.16. The number of amides is 1. The molecule has 0 bridgehead atoms. The van der Waals surface area contributed by atoms with E-state index in [2.05, 4.69) is 15.9 Å². The quantitative estimate of drug-likeness (QED) is 0.880. The number of halogens is 2. The van der Waals surface area contributed by atoms with E-state index < -0.39 is 12.1 Å². The molecule has 0 fully saturated rings. The largest absolute Gasteiger partial charge is 0.478 e. The summed E-state index contributed by atoms with van der Waals surface area (Å²) < 4.78 is 0.397. The molecule has 7 heteroatoms. The van der Waals surface area contributed by atoms with E-state index >= 15 is 0 Å². The van der Waals surface area contributed by atoms with Crippen LogP contribution in [0.15, 0.2) is 16.6 Å². The molecular weight excluding hydrogens is 301 g/mol. The predicted octanol–water partition coefficient (Wildman–Crippen LogP) is 2.91. The highest BCUT2D eigenvalue weighted by Crippen LogP contribution is 2.33. The van der Waals surface area contributed by atoms with Crippen LogP contribution in [0.5, 0.6) is 0 Å². The van der Waals surface area contributed by atoms with E-state index in [0.29, 0.717) is 4.47 Å². The van der Waals surface area contributed by atoms with E-state index in [1.165, 1.54) is 19.2 Å². The van der Waals surface area contributed by atoms with Crippen LogP contribution >= 0.6 is 27.5 Å². The molecule has 1 aromatic rings. The van der Waals surface area contributed by atoms with E-state index in [0.717, 1.165) is 4.90 Å². The van der Waals surface area contributed by atoms with Crippen molar-refractivity contribution in [2.45, 2.75) is 0 Å². The molecule has 0 saturated carbocycles. The fourth-order valence-corrected chi connectivity index (χ4v) is 1.70. The topological polar surface area (TPSA) is 77.8 Å². The first kappa shape index (κ1) is 12.8. The fourth-order valence-electron chi connectivity index (χ4n) is 1.13. The average Bonchev–Trinajstić information content (AvgIpc) is 2.20. The Labute approximate surface area is 104 Å². The van der Waals surface area contributed by atoms with Crippen molar-refractivity contribution in [3.05, 3.63) is 27.2 Å². The van der Waals surface area contributed by atoms with Gasteiger partial charge in [-0.3, -0.25) is 4.90 Å². The van der Waals surface area contributed by atoms with Gasteiger partial charge in [0.2, 0.25) is 0 Å². The maximum atomic E-state index is 11.0. The van der Waals surface area contributed by atoms with Gasteiger partial charge in [0.15, 0.2) is 0 Å². The zero-order valence-electron chi connectivity index (χ0n) is 8.07. The van der Waals surface area contributed by atoms with Crippen LogP contribution in [0.25, 0.3) is 0 Å². The van der Waals surface area contributed by atoms with E-state index in [1.807, 2.05) is 0 Å². The normalized spacial score (nSPS) is 9.94. The highest BCUT2D eigenvalue weighted by Gasteiger charge is 2.22. The molecule has 0 aliphatic heterocycles. The molecule has 0 radical (unpaired) electrons. The number of anilines is 1. The summed E-state index contributed by atoms with van der Waals surface area (Å²) in [5, 5.41) is 17.7. The van der Waals surface area contributed by atoms with Crippen LogP contribution in [0.3, 0.4) is 0 Å². The van der Waals surface area contributed by atoms with Crippen molar-refractivity contribution in [1.29, 1.82) is 0 Å². The molecule has 16 heavy (non-hydrogen) atoms. The Morgan fingerprint density at radius 2 is 1.94 bits per heavy atom. The summed E-state index contributed by atoms with van der Waals surface area (Å²) in [7, 11) is 1.24.